The van der Waals surface area contributed by atoms with Gasteiger partial charge in [0.2, 0.25) is 5.76 Å². The lowest BCUT2D eigenvalue weighted by atomic mass is 10.0. The van der Waals surface area contributed by atoms with Crippen molar-refractivity contribution in [3.05, 3.63) is 101 Å². The number of furan rings is 1. The van der Waals surface area contributed by atoms with Gasteiger partial charge in [-0.05, 0) is 48.0 Å². The van der Waals surface area contributed by atoms with Crippen LogP contribution in [0.4, 0.5) is 0 Å². The molecule has 2 aromatic heterocycles. The van der Waals surface area contributed by atoms with Crippen LogP contribution in [0.3, 0.4) is 0 Å². The van der Waals surface area contributed by atoms with Gasteiger partial charge in [0.25, 0.3) is 5.91 Å². The van der Waals surface area contributed by atoms with Crippen molar-refractivity contribution >= 4 is 40.6 Å². The van der Waals surface area contributed by atoms with Gasteiger partial charge in [0.05, 0.1) is 32.2 Å². The Bertz CT molecular complexity index is 1690. The highest BCUT2D eigenvalue weighted by atomic mass is 35.5. The summed E-state index contributed by atoms with van der Waals surface area (Å²) in [7, 11) is 3.01. The van der Waals surface area contributed by atoms with E-state index < -0.39 is 11.9 Å². The zero-order chi connectivity index (χ0) is 27.4. The molecule has 0 fully saturated rings. The van der Waals surface area contributed by atoms with Crippen molar-refractivity contribution < 1.29 is 28.2 Å². The molecule has 10 heteroatoms. The van der Waals surface area contributed by atoms with Gasteiger partial charge < -0.3 is 23.6 Å². The molecule has 39 heavy (non-hydrogen) atoms. The van der Waals surface area contributed by atoms with E-state index in [9.17, 15) is 9.59 Å². The fraction of sp³-hybridized carbons (Fsp3) is 0.0690. The number of rotatable bonds is 8. The number of amides is 1. The molecule has 2 heterocycles. The van der Waals surface area contributed by atoms with E-state index in [0.29, 0.717) is 38.7 Å². The van der Waals surface area contributed by atoms with E-state index in [1.54, 1.807) is 43.5 Å². The highest BCUT2D eigenvalue weighted by molar-refractivity contribution is 6.34. The third-order valence-electron chi connectivity index (χ3n) is 5.88. The molecule has 0 aliphatic carbocycles. The predicted octanol–water partition coefficient (Wildman–Crippen LogP) is 6.08. The number of aromatic amines is 1. The van der Waals surface area contributed by atoms with E-state index in [4.69, 9.17) is 30.2 Å². The maximum Gasteiger partial charge on any atom is 0.379 e. The summed E-state index contributed by atoms with van der Waals surface area (Å²) in [4.78, 5) is 28.7. The number of hydrogen-bond acceptors (Lipinski definition) is 7. The topological polar surface area (TPSA) is 115 Å². The van der Waals surface area contributed by atoms with Gasteiger partial charge >= 0.3 is 5.97 Å². The van der Waals surface area contributed by atoms with Gasteiger partial charge in [-0.2, -0.15) is 5.10 Å². The van der Waals surface area contributed by atoms with Gasteiger partial charge in [-0.3, -0.25) is 4.79 Å². The Hall–Kier alpha value is -5.02. The lowest BCUT2D eigenvalue weighted by molar-refractivity contribution is 0.0696. The number of H-pyrrole nitrogens is 1. The number of hydrogen-bond donors (Lipinski definition) is 2. The molecular formula is C29H22ClN3O6. The largest absolute Gasteiger partial charge is 0.495 e. The Balaban J connectivity index is 1.40. The van der Waals surface area contributed by atoms with Crippen LogP contribution in [0, 0.1) is 0 Å². The average molecular weight is 544 g/mol. The third kappa shape index (κ3) is 5.21. The molecule has 0 saturated heterocycles. The van der Waals surface area contributed by atoms with Crippen LogP contribution in [0.1, 0.15) is 26.6 Å². The molecule has 0 atom stereocenters. The lowest BCUT2D eigenvalue weighted by Crippen LogP contribution is -2.19. The summed E-state index contributed by atoms with van der Waals surface area (Å²) in [6, 6.07) is 20.7. The standard InChI is InChI=1S/C29H22ClN3O6/c1-36-22-10-5-8-19-25(18-7-3-4-9-20(18)30)27(32-26(19)22)28(34)33-31-16-17-12-13-21(24(15-17)37-2)39-29(35)23-11-6-14-38-23/h3-16,32H,1-2H3,(H,33,34). The van der Waals surface area contributed by atoms with E-state index in [1.165, 1.54) is 25.7 Å². The number of aromatic nitrogens is 1. The molecule has 0 aliphatic heterocycles. The van der Waals surface area contributed by atoms with Gasteiger partial charge in [0.15, 0.2) is 11.5 Å². The highest BCUT2D eigenvalue weighted by Crippen LogP contribution is 2.39. The fourth-order valence-corrected chi connectivity index (χ4v) is 4.32. The van der Waals surface area contributed by atoms with Gasteiger partial charge in [-0.1, -0.05) is 41.9 Å². The Morgan fingerprint density at radius 1 is 0.949 bits per heavy atom. The minimum absolute atomic E-state index is 0.0659. The second-order valence-corrected chi connectivity index (χ2v) is 8.62. The summed E-state index contributed by atoms with van der Waals surface area (Å²) in [5.74, 6) is 0.0245. The number of carbonyl (C=O) groups is 2. The Morgan fingerprint density at radius 2 is 1.77 bits per heavy atom. The number of carbonyl (C=O) groups excluding carboxylic acids is 2. The monoisotopic (exact) mass is 543 g/mol. The molecular weight excluding hydrogens is 522 g/mol. The molecule has 0 unspecified atom stereocenters. The molecule has 3 aromatic carbocycles. The van der Waals surface area contributed by atoms with Crippen molar-refractivity contribution in [3.63, 3.8) is 0 Å². The van der Waals surface area contributed by atoms with E-state index in [2.05, 4.69) is 15.5 Å². The number of methoxy groups -OCH3 is 2. The number of ether oxygens (including phenoxy) is 3. The summed E-state index contributed by atoms with van der Waals surface area (Å²) >= 11 is 6.50. The quantitative estimate of drug-likeness (QED) is 0.106. The summed E-state index contributed by atoms with van der Waals surface area (Å²) in [5.41, 5.74) is 5.41. The number of hydrazone groups is 1. The minimum Gasteiger partial charge on any atom is -0.495 e. The number of para-hydroxylation sites is 1. The Labute approximate surface area is 227 Å². The first kappa shape index (κ1) is 25.6. The second-order valence-electron chi connectivity index (χ2n) is 8.21. The third-order valence-corrected chi connectivity index (χ3v) is 6.21. The first-order valence-electron chi connectivity index (χ1n) is 11.7. The van der Waals surface area contributed by atoms with Crippen LogP contribution in [0.5, 0.6) is 17.2 Å². The Morgan fingerprint density at radius 3 is 2.51 bits per heavy atom. The molecule has 0 radical (unpaired) electrons. The van der Waals surface area contributed by atoms with E-state index in [-0.39, 0.29) is 17.2 Å². The van der Waals surface area contributed by atoms with Crippen LogP contribution < -0.4 is 19.6 Å². The van der Waals surface area contributed by atoms with Crippen LogP contribution in [0.25, 0.3) is 22.0 Å². The SMILES string of the molecule is COc1cc(C=NNC(=O)c2[nH]c3c(OC)cccc3c2-c2ccccc2Cl)ccc1OC(=O)c1ccco1. The van der Waals surface area contributed by atoms with Gasteiger partial charge in [-0.25, -0.2) is 10.2 Å². The molecule has 0 saturated carbocycles. The van der Waals surface area contributed by atoms with E-state index in [1.807, 2.05) is 30.3 Å². The molecule has 5 rings (SSSR count). The number of fused-ring (bicyclic) bond motifs is 1. The lowest BCUT2D eigenvalue weighted by Gasteiger charge is -2.09. The fourth-order valence-electron chi connectivity index (χ4n) is 4.09. The maximum absolute atomic E-state index is 13.3. The van der Waals surface area contributed by atoms with Crippen LogP contribution in [0.2, 0.25) is 5.02 Å². The average Bonchev–Trinajstić information content (AvgIpc) is 3.63. The van der Waals surface area contributed by atoms with Crippen LogP contribution in [-0.2, 0) is 0 Å². The van der Waals surface area contributed by atoms with Crippen molar-refractivity contribution in [2.45, 2.75) is 0 Å². The van der Waals surface area contributed by atoms with Crippen molar-refractivity contribution in [1.82, 2.24) is 10.4 Å². The van der Waals surface area contributed by atoms with Gasteiger partial charge in [0.1, 0.15) is 11.4 Å². The normalized spacial score (nSPS) is 11.1. The zero-order valence-corrected chi connectivity index (χ0v) is 21.6. The van der Waals surface area contributed by atoms with Crippen LogP contribution in [-0.4, -0.2) is 37.3 Å². The number of esters is 1. The molecule has 9 nitrogen and oxygen atoms in total. The van der Waals surface area contributed by atoms with Gasteiger partial charge in [-0.15, -0.1) is 0 Å². The summed E-state index contributed by atoms with van der Waals surface area (Å²) in [6.07, 6.45) is 2.82. The number of nitrogens with zero attached hydrogens (tertiary/aromatic N) is 1. The van der Waals surface area contributed by atoms with Crippen LogP contribution >= 0.6 is 11.6 Å². The number of halogens is 1. The summed E-state index contributed by atoms with van der Waals surface area (Å²) in [5, 5.41) is 5.38. The van der Waals surface area contributed by atoms with Gasteiger partial charge in [0, 0.05) is 21.5 Å². The summed E-state index contributed by atoms with van der Waals surface area (Å²) in [6.45, 7) is 0. The minimum atomic E-state index is -0.656. The highest BCUT2D eigenvalue weighted by Gasteiger charge is 2.22. The van der Waals surface area contributed by atoms with Crippen LogP contribution in [0.15, 0.2) is 88.6 Å². The van der Waals surface area contributed by atoms with Crippen molar-refractivity contribution in [3.8, 4) is 28.4 Å². The Kier molecular flexibility index (Phi) is 7.33. The first-order chi connectivity index (χ1) is 19.0. The predicted molar refractivity (Wildman–Crippen MR) is 147 cm³/mol. The van der Waals surface area contributed by atoms with E-state index >= 15 is 0 Å². The smallest absolute Gasteiger partial charge is 0.379 e. The molecule has 0 spiro atoms. The first-order valence-corrected chi connectivity index (χ1v) is 12.1. The number of benzene rings is 3. The second kappa shape index (κ2) is 11.2. The summed E-state index contributed by atoms with van der Waals surface area (Å²) < 4.78 is 21.2. The molecule has 0 aliphatic rings. The van der Waals surface area contributed by atoms with Crippen molar-refractivity contribution in [1.29, 1.82) is 0 Å². The zero-order valence-electron chi connectivity index (χ0n) is 20.9. The van der Waals surface area contributed by atoms with Crippen molar-refractivity contribution in [2.24, 2.45) is 5.10 Å². The number of nitrogens with one attached hydrogen (secondary N) is 2. The molecule has 5 aromatic rings. The molecule has 2 N–H and O–H groups in total. The molecule has 196 valence electrons. The maximum atomic E-state index is 13.3. The van der Waals surface area contributed by atoms with Crippen molar-refractivity contribution in [2.75, 3.05) is 14.2 Å². The molecule has 0 bridgehead atoms. The molecule has 1 amide bonds. The van der Waals surface area contributed by atoms with E-state index in [0.717, 1.165) is 5.39 Å².